The molecular formula is C24H27N7O6. The molecule has 2 fully saturated rings. The summed E-state index contributed by atoms with van der Waals surface area (Å²) in [5.74, 6) is 1.51. The van der Waals surface area contributed by atoms with Crippen molar-refractivity contribution in [2.24, 2.45) is 0 Å². The number of aliphatic hydroxyl groups is 1. The predicted octanol–water partition coefficient (Wildman–Crippen LogP) is 0.218. The van der Waals surface area contributed by atoms with Crippen LogP contribution in [-0.4, -0.2) is 75.4 Å². The molecular weight excluding hydrogens is 482 g/mol. The van der Waals surface area contributed by atoms with Crippen molar-refractivity contribution in [3.05, 3.63) is 40.8 Å². The van der Waals surface area contributed by atoms with Gasteiger partial charge >= 0.3 is 0 Å². The number of aromatic nitrogens is 4. The fourth-order valence-electron chi connectivity index (χ4n) is 5.26. The van der Waals surface area contributed by atoms with Crippen LogP contribution < -0.4 is 30.6 Å². The van der Waals surface area contributed by atoms with Gasteiger partial charge in [0, 0.05) is 25.2 Å². The lowest BCUT2D eigenvalue weighted by Gasteiger charge is -2.35. The molecule has 5 heterocycles. The predicted molar refractivity (Wildman–Crippen MR) is 132 cm³/mol. The number of aliphatic hydroxyl groups excluding tert-OH is 1. The minimum absolute atomic E-state index is 0.0424. The number of nitrogens with zero attached hydrogens (tertiary/aromatic N) is 5. The van der Waals surface area contributed by atoms with Gasteiger partial charge in [0.05, 0.1) is 25.5 Å². The number of hydrogen-bond acceptors (Lipinski definition) is 11. The fourth-order valence-corrected chi connectivity index (χ4v) is 5.26. The molecule has 2 unspecified atom stereocenters. The lowest BCUT2D eigenvalue weighted by atomic mass is 9.88. The number of ether oxygens (including phenoxy) is 3. The summed E-state index contributed by atoms with van der Waals surface area (Å²) >= 11 is 0. The second-order valence-corrected chi connectivity index (χ2v) is 9.24. The van der Waals surface area contributed by atoms with Gasteiger partial charge in [0.15, 0.2) is 23.8 Å². The Morgan fingerprint density at radius 2 is 2.11 bits per heavy atom. The van der Waals surface area contributed by atoms with E-state index in [0.717, 1.165) is 12.8 Å². The molecule has 13 nitrogen and oxygen atoms in total. The van der Waals surface area contributed by atoms with Gasteiger partial charge in [0.1, 0.15) is 11.3 Å². The van der Waals surface area contributed by atoms with Crippen molar-refractivity contribution in [2.45, 2.75) is 50.4 Å². The third-order valence-corrected chi connectivity index (χ3v) is 7.02. The smallest absolute Gasteiger partial charge is 0.270 e. The molecule has 1 saturated carbocycles. The molecule has 3 aliphatic rings. The van der Waals surface area contributed by atoms with Crippen molar-refractivity contribution in [1.82, 2.24) is 24.8 Å². The molecule has 0 aromatic carbocycles. The number of anilines is 2. The topological polar surface area (TPSA) is 153 Å². The van der Waals surface area contributed by atoms with E-state index in [1.807, 2.05) is 0 Å². The molecule has 0 radical (unpaired) electrons. The molecule has 3 N–H and O–H groups in total. The molecule has 3 aromatic heterocycles. The van der Waals surface area contributed by atoms with E-state index in [0.29, 0.717) is 53.9 Å². The Balaban J connectivity index is 1.10. The zero-order valence-corrected chi connectivity index (χ0v) is 20.2. The highest BCUT2D eigenvalue weighted by atomic mass is 16.6. The summed E-state index contributed by atoms with van der Waals surface area (Å²) in [5, 5.41) is 16.9. The van der Waals surface area contributed by atoms with Gasteiger partial charge in [-0.25, -0.2) is 9.97 Å². The maximum absolute atomic E-state index is 12.5. The van der Waals surface area contributed by atoms with Crippen LogP contribution in [0.1, 0.15) is 19.3 Å². The number of carbonyl (C=O) groups excluding carboxylic acids is 1. The van der Waals surface area contributed by atoms with Crippen molar-refractivity contribution in [3.8, 4) is 11.6 Å². The highest BCUT2D eigenvalue weighted by Crippen LogP contribution is 2.38. The van der Waals surface area contributed by atoms with Gasteiger partial charge in [-0.2, -0.15) is 4.98 Å². The molecule has 1 saturated heterocycles. The van der Waals surface area contributed by atoms with Gasteiger partial charge < -0.3 is 34.9 Å². The van der Waals surface area contributed by atoms with Gasteiger partial charge in [-0.15, -0.1) is 0 Å². The first-order valence-electron chi connectivity index (χ1n) is 12.2. The molecule has 13 heteroatoms. The summed E-state index contributed by atoms with van der Waals surface area (Å²) in [5.41, 5.74) is 0.876. The quantitative estimate of drug-likeness (QED) is 0.418. The number of carbonyl (C=O) groups is 1. The van der Waals surface area contributed by atoms with Gasteiger partial charge in [0.2, 0.25) is 12.3 Å². The molecule has 0 spiro atoms. The van der Waals surface area contributed by atoms with Crippen LogP contribution in [0.5, 0.6) is 11.6 Å². The van der Waals surface area contributed by atoms with Gasteiger partial charge in [-0.1, -0.05) is 0 Å². The highest BCUT2D eigenvalue weighted by molar-refractivity contribution is 5.94. The average Bonchev–Trinajstić information content (AvgIpc) is 3.24. The van der Waals surface area contributed by atoms with Crippen LogP contribution in [0.15, 0.2) is 35.3 Å². The van der Waals surface area contributed by atoms with Gasteiger partial charge in [-0.3, -0.25) is 14.2 Å². The van der Waals surface area contributed by atoms with Gasteiger partial charge in [-0.05, 0) is 37.5 Å². The van der Waals surface area contributed by atoms with Crippen LogP contribution in [0.25, 0.3) is 11.2 Å². The van der Waals surface area contributed by atoms with Crippen LogP contribution >= 0.6 is 0 Å². The highest BCUT2D eigenvalue weighted by Gasteiger charge is 2.45. The molecule has 6 rings (SSSR count). The Morgan fingerprint density at radius 1 is 1.22 bits per heavy atom. The summed E-state index contributed by atoms with van der Waals surface area (Å²) in [6.45, 7) is 0.933. The lowest BCUT2D eigenvalue weighted by molar-refractivity contribution is -0.118. The van der Waals surface area contributed by atoms with E-state index in [2.05, 4.69) is 25.6 Å². The van der Waals surface area contributed by atoms with Crippen LogP contribution in [0, 0.1) is 0 Å². The molecule has 1 aliphatic carbocycles. The Morgan fingerprint density at radius 3 is 2.97 bits per heavy atom. The Hall–Kier alpha value is -3.81. The molecule has 2 aliphatic heterocycles. The molecule has 3 aromatic rings. The minimum Gasteiger partial charge on any atom is -0.481 e. The second kappa shape index (κ2) is 9.57. The van der Waals surface area contributed by atoms with Crippen molar-refractivity contribution < 1.29 is 24.1 Å². The van der Waals surface area contributed by atoms with Crippen LogP contribution in [-0.2, 0) is 16.1 Å². The first kappa shape index (κ1) is 23.6. The lowest BCUT2D eigenvalue weighted by Crippen LogP contribution is -2.47. The Labute approximate surface area is 211 Å². The third kappa shape index (κ3) is 4.45. The normalized spacial score (nSPS) is 24.8. The van der Waals surface area contributed by atoms with E-state index in [4.69, 9.17) is 14.2 Å². The SMILES string of the molecule is COc1ccc2ncc(=O)n(CCN[C@H]3CCC4[C@H](C3)OC(O)N4c3ccc4c(n3)NC(=O)CO4)c2n1. The number of hydrogen-bond donors (Lipinski definition) is 3. The third-order valence-electron chi connectivity index (χ3n) is 7.02. The first-order chi connectivity index (χ1) is 18.0. The van der Waals surface area contributed by atoms with Crippen molar-refractivity contribution in [3.63, 3.8) is 0 Å². The number of pyridine rings is 2. The zero-order valence-electron chi connectivity index (χ0n) is 20.2. The van der Waals surface area contributed by atoms with Crippen LogP contribution in [0.4, 0.5) is 11.6 Å². The molecule has 4 atom stereocenters. The first-order valence-corrected chi connectivity index (χ1v) is 12.2. The van der Waals surface area contributed by atoms with E-state index in [1.165, 1.54) is 13.3 Å². The Bertz CT molecular complexity index is 1400. The summed E-state index contributed by atoms with van der Waals surface area (Å²) in [7, 11) is 1.53. The maximum atomic E-state index is 12.5. The van der Waals surface area contributed by atoms with Crippen molar-refractivity contribution >= 4 is 28.7 Å². The zero-order chi connectivity index (χ0) is 25.5. The van der Waals surface area contributed by atoms with E-state index in [-0.39, 0.29) is 36.3 Å². The number of fused-ring (bicyclic) bond motifs is 3. The number of rotatable bonds is 6. The molecule has 1 amide bonds. The van der Waals surface area contributed by atoms with Gasteiger partial charge in [0.25, 0.3) is 11.5 Å². The standard InChI is InChI=1S/C24H27N7O6/c1-35-20-7-3-14-23(29-20)30(21(33)11-26-14)9-8-25-13-2-4-15-17(10-13)37-24(34)31(15)18-6-5-16-22(27-18)28-19(32)12-36-16/h3,5-7,11,13,15,17,24-25,34H,2,4,8-10,12H2,1H3,(H,27,28,32)/t13-,15?,17-,24?/m0/s1. The summed E-state index contributed by atoms with van der Waals surface area (Å²) < 4.78 is 18.1. The molecule has 0 bridgehead atoms. The van der Waals surface area contributed by atoms with E-state index < -0.39 is 6.41 Å². The number of nitrogens with one attached hydrogen (secondary N) is 2. The summed E-state index contributed by atoms with van der Waals surface area (Å²) in [4.78, 5) is 39.0. The summed E-state index contributed by atoms with van der Waals surface area (Å²) in [6.07, 6.45) is 2.30. The van der Waals surface area contributed by atoms with E-state index in [9.17, 15) is 14.7 Å². The summed E-state index contributed by atoms with van der Waals surface area (Å²) in [6, 6.07) is 7.09. The van der Waals surface area contributed by atoms with E-state index in [1.54, 1.807) is 33.7 Å². The molecule has 37 heavy (non-hydrogen) atoms. The van der Waals surface area contributed by atoms with E-state index >= 15 is 0 Å². The van der Waals surface area contributed by atoms with Crippen LogP contribution in [0.2, 0.25) is 0 Å². The largest absolute Gasteiger partial charge is 0.481 e. The average molecular weight is 510 g/mol. The van der Waals surface area contributed by atoms with Crippen molar-refractivity contribution in [2.75, 3.05) is 30.5 Å². The Kier molecular flexibility index (Phi) is 6.10. The van der Waals surface area contributed by atoms with Crippen LogP contribution in [0.3, 0.4) is 0 Å². The monoisotopic (exact) mass is 509 g/mol. The maximum Gasteiger partial charge on any atom is 0.270 e. The minimum atomic E-state index is -1.14. The molecule has 194 valence electrons. The van der Waals surface area contributed by atoms with Crippen molar-refractivity contribution in [1.29, 1.82) is 0 Å². The second-order valence-electron chi connectivity index (χ2n) is 9.24. The number of methoxy groups -OCH3 is 1. The number of amides is 1. The fraction of sp³-hybridized carbons (Fsp3) is 0.458.